The number of likely N-dealkylation sites (N-methyl/N-ethyl adjacent to an activating group) is 1. The van der Waals surface area contributed by atoms with Gasteiger partial charge in [0, 0.05) is 25.0 Å². The Morgan fingerprint density at radius 1 is 1.17 bits per heavy atom. The summed E-state index contributed by atoms with van der Waals surface area (Å²) in [5, 5.41) is 5.71. The molecule has 2 N–H and O–H groups in total. The number of amides is 1. The van der Waals surface area contributed by atoms with Gasteiger partial charge in [0.15, 0.2) is 5.78 Å². The van der Waals surface area contributed by atoms with Crippen molar-refractivity contribution in [3.63, 3.8) is 0 Å². The molecule has 0 bridgehead atoms. The summed E-state index contributed by atoms with van der Waals surface area (Å²) < 4.78 is 0. The van der Waals surface area contributed by atoms with Crippen LogP contribution in [0.5, 0.6) is 0 Å². The normalized spacial score (nSPS) is 17.7. The summed E-state index contributed by atoms with van der Waals surface area (Å²) in [5.41, 5.74) is -1.48. The average molecular weight is 292 g/mol. The topological polar surface area (TPSA) is 58.2 Å². The molecule has 0 spiro atoms. The number of Topliss-reactive ketones (excluding diaryl/α,β-unsaturated/α-hetero) is 1. The van der Waals surface area contributed by atoms with E-state index in [4.69, 9.17) is 0 Å². The van der Waals surface area contributed by atoms with Gasteiger partial charge in [0.05, 0.1) is 11.0 Å². The van der Waals surface area contributed by atoms with E-state index < -0.39 is 11.0 Å². The summed E-state index contributed by atoms with van der Waals surface area (Å²) in [6, 6.07) is 0. The van der Waals surface area contributed by atoms with Gasteiger partial charge in [-0.2, -0.15) is 25.3 Å². The zero-order chi connectivity index (χ0) is 14.4. The van der Waals surface area contributed by atoms with E-state index in [9.17, 15) is 9.59 Å². The Hall–Kier alpha value is -0.200. The molecule has 0 rings (SSSR count). The molecule has 4 nitrogen and oxygen atoms in total. The molecule has 1 amide bonds. The van der Waals surface area contributed by atoms with E-state index in [0.29, 0.717) is 18.1 Å². The molecule has 0 saturated carbocycles. The van der Waals surface area contributed by atoms with Gasteiger partial charge in [0.2, 0.25) is 5.91 Å². The molecular weight excluding hydrogens is 268 g/mol. The molecule has 0 aromatic carbocycles. The van der Waals surface area contributed by atoms with Crippen molar-refractivity contribution in [2.45, 2.75) is 32.7 Å². The fraction of sp³-hybridized carbons (Fsp3) is 0.833. The van der Waals surface area contributed by atoms with Crippen LogP contribution in [0.15, 0.2) is 0 Å². The van der Waals surface area contributed by atoms with E-state index >= 15 is 0 Å². The minimum Gasteiger partial charge on any atom is -0.359 e. The van der Waals surface area contributed by atoms with Crippen LogP contribution >= 0.6 is 25.3 Å². The van der Waals surface area contributed by atoms with Crippen molar-refractivity contribution >= 4 is 36.9 Å². The molecule has 0 aliphatic carbocycles. The second kappa shape index (κ2) is 7.40. The van der Waals surface area contributed by atoms with Crippen molar-refractivity contribution in [3.05, 3.63) is 0 Å². The molecule has 0 aliphatic rings. The molecule has 0 aromatic rings. The average Bonchev–Trinajstić information content (AvgIpc) is 2.37. The first kappa shape index (κ1) is 17.8. The van der Waals surface area contributed by atoms with Crippen molar-refractivity contribution in [3.8, 4) is 0 Å². The Morgan fingerprint density at radius 3 is 2.06 bits per heavy atom. The standard InChI is InChI=1S/C12H24N2O2S2/c1-5-14-12(3,8-18)9(15)6-11(2,7-17)10(16)13-4/h14,17-18H,5-8H2,1-4H3,(H,13,16)/t11-,12-/m0/s1. The van der Waals surface area contributed by atoms with Crippen molar-refractivity contribution in [2.75, 3.05) is 25.1 Å². The summed E-state index contributed by atoms with van der Waals surface area (Å²) in [7, 11) is 1.57. The first-order chi connectivity index (χ1) is 8.29. The van der Waals surface area contributed by atoms with Gasteiger partial charge in [0.25, 0.3) is 0 Å². The lowest BCUT2D eigenvalue weighted by atomic mass is 9.81. The van der Waals surface area contributed by atoms with Gasteiger partial charge < -0.3 is 10.6 Å². The van der Waals surface area contributed by atoms with Crippen LogP contribution < -0.4 is 10.6 Å². The Balaban J connectivity index is 4.95. The third-order valence-corrected chi connectivity index (χ3v) is 4.50. The lowest BCUT2D eigenvalue weighted by Crippen LogP contribution is -2.54. The summed E-state index contributed by atoms with van der Waals surface area (Å²) in [6.45, 7) is 6.18. The van der Waals surface area contributed by atoms with Crippen LogP contribution in [0, 0.1) is 5.41 Å². The summed E-state index contributed by atoms with van der Waals surface area (Å²) in [4.78, 5) is 24.2. The SMILES string of the molecule is CCN[C@@](C)(CS)C(=O)C[C@@](C)(CS)C(=O)NC. The van der Waals surface area contributed by atoms with Gasteiger partial charge >= 0.3 is 0 Å². The first-order valence-electron chi connectivity index (χ1n) is 6.02. The van der Waals surface area contributed by atoms with Crippen molar-refractivity contribution in [2.24, 2.45) is 5.41 Å². The highest BCUT2D eigenvalue weighted by Gasteiger charge is 2.39. The number of hydrogen-bond donors (Lipinski definition) is 4. The summed E-state index contributed by atoms with van der Waals surface area (Å²) in [6.07, 6.45) is 0.153. The molecule has 0 radical (unpaired) electrons. The van der Waals surface area contributed by atoms with Gasteiger partial charge in [-0.3, -0.25) is 9.59 Å². The van der Waals surface area contributed by atoms with Gasteiger partial charge in [-0.15, -0.1) is 0 Å². The van der Waals surface area contributed by atoms with Crippen LogP contribution in [0.25, 0.3) is 0 Å². The molecule has 106 valence electrons. The fourth-order valence-corrected chi connectivity index (χ4v) is 2.24. The second-order valence-corrected chi connectivity index (χ2v) is 5.55. The molecule has 0 aromatic heterocycles. The Bertz CT molecular complexity index is 312. The van der Waals surface area contributed by atoms with Crippen LogP contribution in [0.4, 0.5) is 0 Å². The minimum atomic E-state index is -0.783. The number of ketones is 1. The number of nitrogens with one attached hydrogen (secondary N) is 2. The van der Waals surface area contributed by atoms with E-state index in [-0.39, 0.29) is 18.1 Å². The predicted molar refractivity (Wildman–Crippen MR) is 81.6 cm³/mol. The molecule has 0 heterocycles. The van der Waals surface area contributed by atoms with Gasteiger partial charge in [-0.25, -0.2) is 0 Å². The number of carbonyl (C=O) groups is 2. The summed E-state index contributed by atoms with van der Waals surface area (Å²) in [5.74, 6) is 0.548. The second-order valence-electron chi connectivity index (χ2n) is 4.92. The maximum absolute atomic E-state index is 12.4. The number of rotatable bonds is 8. The van der Waals surface area contributed by atoms with Crippen molar-refractivity contribution in [1.29, 1.82) is 0 Å². The zero-order valence-electron chi connectivity index (χ0n) is 11.5. The smallest absolute Gasteiger partial charge is 0.226 e. The van der Waals surface area contributed by atoms with E-state index in [1.807, 2.05) is 13.8 Å². The molecular formula is C12H24N2O2S2. The molecule has 0 aliphatic heterocycles. The quantitative estimate of drug-likeness (QED) is 0.503. The minimum absolute atomic E-state index is 0.0144. The Kier molecular flexibility index (Phi) is 7.32. The third-order valence-electron chi connectivity index (χ3n) is 3.17. The number of hydrogen-bond acceptors (Lipinski definition) is 5. The number of thiol groups is 2. The largest absolute Gasteiger partial charge is 0.359 e. The molecule has 0 unspecified atom stereocenters. The lowest BCUT2D eigenvalue weighted by Gasteiger charge is -2.32. The van der Waals surface area contributed by atoms with Gasteiger partial charge in [-0.05, 0) is 20.4 Å². The van der Waals surface area contributed by atoms with Crippen LogP contribution in [-0.4, -0.2) is 42.3 Å². The Morgan fingerprint density at radius 2 is 1.72 bits per heavy atom. The van der Waals surface area contributed by atoms with Crippen LogP contribution in [0.3, 0.4) is 0 Å². The van der Waals surface area contributed by atoms with E-state index in [1.54, 1.807) is 14.0 Å². The molecule has 18 heavy (non-hydrogen) atoms. The van der Waals surface area contributed by atoms with E-state index in [1.165, 1.54) is 0 Å². The lowest BCUT2D eigenvalue weighted by molar-refractivity contribution is -0.135. The zero-order valence-corrected chi connectivity index (χ0v) is 13.3. The number of carbonyl (C=O) groups excluding carboxylic acids is 2. The highest BCUT2D eigenvalue weighted by molar-refractivity contribution is 7.80. The molecule has 2 atom stereocenters. The Labute approximate surface area is 120 Å². The van der Waals surface area contributed by atoms with Crippen LogP contribution in [0.2, 0.25) is 0 Å². The maximum atomic E-state index is 12.4. The van der Waals surface area contributed by atoms with Crippen LogP contribution in [-0.2, 0) is 9.59 Å². The fourth-order valence-electron chi connectivity index (χ4n) is 1.69. The first-order valence-corrected chi connectivity index (χ1v) is 7.28. The monoisotopic (exact) mass is 292 g/mol. The molecule has 6 heteroatoms. The highest BCUT2D eigenvalue weighted by atomic mass is 32.1. The van der Waals surface area contributed by atoms with Crippen molar-refractivity contribution in [1.82, 2.24) is 10.6 Å². The molecule has 0 saturated heterocycles. The van der Waals surface area contributed by atoms with Crippen LogP contribution in [0.1, 0.15) is 27.2 Å². The predicted octanol–water partition coefficient (Wildman–Crippen LogP) is 0.926. The van der Waals surface area contributed by atoms with Crippen molar-refractivity contribution < 1.29 is 9.59 Å². The van der Waals surface area contributed by atoms with E-state index in [0.717, 1.165) is 0 Å². The maximum Gasteiger partial charge on any atom is 0.226 e. The highest BCUT2D eigenvalue weighted by Crippen LogP contribution is 2.27. The third kappa shape index (κ3) is 4.17. The summed E-state index contributed by atoms with van der Waals surface area (Å²) >= 11 is 8.42. The molecule has 0 fully saturated rings. The van der Waals surface area contributed by atoms with Gasteiger partial charge in [-0.1, -0.05) is 6.92 Å². The van der Waals surface area contributed by atoms with E-state index in [2.05, 4.69) is 35.9 Å². The van der Waals surface area contributed by atoms with Gasteiger partial charge in [0.1, 0.15) is 0 Å².